The molecule has 2 heterocycles. The van der Waals surface area contributed by atoms with E-state index in [1.54, 1.807) is 15.8 Å². The zero-order chi connectivity index (χ0) is 20.4. The van der Waals surface area contributed by atoms with Gasteiger partial charge in [-0.05, 0) is 24.3 Å². The molecule has 1 aliphatic heterocycles. The average Bonchev–Trinajstić information content (AvgIpc) is 3.24. The summed E-state index contributed by atoms with van der Waals surface area (Å²) in [5, 5.41) is 4.23. The van der Waals surface area contributed by atoms with Gasteiger partial charge in [-0.15, -0.1) is 0 Å². The van der Waals surface area contributed by atoms with E-state index in [0.717, 1.165) is 11.8 Å². The molecule has 0 aliphatic carbocycles. The highest BCUT2D eigenvalue weighted by molar-refractivity contribution is 7.89. The third-order valence-corrected chi connectivity index (χ3v) is 6.76. The van der Waals surface area contributed by atoms with E-state index in [1.165, 1.54) is 28.7 Å². The molecule has 7 nitrogen and oxygen atoms in total. The van der Waals surface area contributed by atoms with Crippen LogP contribution in [-0.2, 0) is 10.0 Å². The van der Waals surface area contributed by atoms with Crippen LogP contribution in [-0.4, -0.2) is 59.5 Å². The second-order valence-corrected chi connectivity index (χ2v) is 8.54. The van der Waals surface area contributed by atoms with E-state index in [1.807, 2.05) is 30.3 Å². The van der Waals surface area contributed by atoms with E-state index in [4.69, 9.17) is 0 Å². The maximum atomic E-state index is 13.9. The number of aromatic nitrogens is 2. The number of piperazine rings is 1. The van der Waals surface area contributed by atoms with Gasteiger partial charge in [0.2, 0.25) is 10.0 Å². The van der Waals surface area contributed by atoms with E-state index < -0.39 is 15.8 Å². The fourth-order valence-electron chi connectivity index (χ4n) is 3.26. The van der Waals surface area contributed by atoms with Crippen LogP contribution in [0.3, 0.4) is 0 Å². The molecule has 1 saturated heterocycles. The van der Waals surface area contributed by atoms with E-state index in [-0.39, 0.29) is 37.0 Å². The summed E-state index contributed by atoms with van der Waals surface area (Å²) in [6.07, 6.45) is 3.15. The van der Waals surface area contributed by atoms with Crippen molar-refractivity contribution >= 4 is 15.9 Å². The number of amides is 1. The summed E-state index contributed by atoms with van der Waals surface area (Å²) < 4.78 is 42.1. The Hall–Kier alpha value is -3.04. The molecule has 4 rings (SSSR count). The van der Waals surface area contributed by atoms with Crippen LogP contribution in [0, 0.1) is 5.82 Å². The van der Waals surface area contributed by atoms with Gasteiger partial charge in [-0.25, -0.2) is 17.5 Å². The van der Waals surface area contributed by atoms with E-state index in [9.17, 15) is 17.6 Å². The van der Waals surface area contributed by atoms with Gasteiger partial charge in [0.1, 0.15) is 10.7 Å². The van der Waals surface area contributed by atoms with E-state index in [0.29, 0.717) is 5.56 Å². The SMILES string of the molecule is O=C(c1cnn(-c2ccccc2)c1)N1CCN(S(=O)(=O)c2ccccc2F)CC1. The fourth-order valence-corrected chi connectivity index (χ4v) is 4.75. The molecule has 9 heteroatoms. The molecule has 1 aliphatic rings. The number of halogens is 1. The maximum absolute atomic E-state index is 13.9. The third kappa shape index (κ3) is 3.79. The highest BCUT2D eigenvalue weighted by Crippen LogP contribution is 2.21. The summed E-state index contributed by atoms with van der Waals surface area (Å²) in [6, 6.07) is 14.7. The van der Waals surface area contributed by atoms with Crippen LogP contribution in [0.2, 0.25) is 0 Å². The van der Waals surface area contributed by atoms with Gasteiger partial charge in [0.15, 0.2) is 0 Å². The first kappa shape index (κ1) is 19.3. The molecular weight excluding hydrogens is 395 g/mol. The molecule has 0 spiro atoms. The molecule has 0 N–H and O–H groups in total. The maximum Gasteiger partial charge on any atom is 0.257 e. The van der Waals surface area contributed by atoms with Gasteiger partial charge in [0.05, 0.1) is 17.4 Å². The number of para-hydroxylation sites is 1. The Morgan fingerprint density at radius 3 is 2.28 bits per heavy atom. The first-order valence-corrected chi connectivity index (χ1v) is 10.5. The first-order valence-electron chi connectivity index (χ1n) is 9.11. The normalized spacial score (nSPS) is 15.4. The van der Waals surface area contributed by atoms with Crippen LogP contribution < -0.4 is 0 Å². The molecule has 150 valence electrons. The van der Waals surface area contributed by atoms with Crippen molar-refractivity contribution in [2.75, 3.05) is 26.2 Å². The molecule has 29 heavy (non-hydrogen) atoms. The minimum Gasteiger partial charge on any atom is -0.336 e. The van der Waals surface area contributed by atoms with Crippen molar-refractivity contribution < 1.29 is 17.6 Å². The van der Waals surface area contributed by atoms with Crippen molar-refractivity contribution in [1.82, 2.24) is 19.0 Å². The molecule has 1 aromatic heterocycles. The molecular formula is C20H19FN4O3S. The summed E-state index contributed by atoms with van der Waals surface area (Å²) in [4.78, 5) is 14.0. The lowest BCUT2D eigenvalue weighted by Crippen LogP contribution is -2.50. The Balaban J connectivity index is 1.44. The quantitative estimate of drug-likeness (QED) is 0.656. The number of hydrogen-bond acceptors (Lipinski definition) is 4. The minimum atomic E-state index is -3.93. The predicted molar refractivity (Wildman–Crippen MR) is 105 cm³/mol. The summed E-state index contributed by atoms with van der Waals surface area (Å²) in [5.74, 6) is -0.991. The topological polar surface area (TPSA) is 75.5 Å². The summed E-state index contributed by atoms with van der Waals surface area (Å²) in [7, 11) is -3.93. The molecule has 0 bridgehead atoms. The zero-order valence-electron chi connectivity index (χ0n) is 15.5. The molecule has 2 aromatic carbocycles. The van der Waals surface area contributed by atoms with E-state index >= 15 is 0 Å². The van der Waals surface area contributed by atoms with Crippen LogP contribution in [0.25, 0.3) is 5.69 Å². The Morgan fingerprint density at radius 1 is 0.931 bits per heavy atom. The number of carbonyl (C=O) groups is 1. The van der Waals surface area contributed by atoms with Crippen molar-refractivity contribution in [2.45, 2.75) is 4.90 Å². The Bertz CT molecular complexity index is 1120. The van der Waals surface area contributed by atoms with Gasteiger partial charge >= 0.3 is 0 Å². The Morgan fingerprint density at radius 2 is 1.59 bits per heavy atom. The van der Waals surface area contributed by atoms with Gasteiger partial charge in [-0.3, -0.25) is 4.79 Å². The van der Waals surface area contributed by atoms with Crippen LogP contribution in [0.5, 0.6) is 0 Å². The molecule has 1 amide bonds. The van der Waals surface area contributed by atoms with Crippen molar-refractivity contribution in [3.05, 3.63) is 78.4 Å². The van der Waals surface area contributed by atoms with Crippen LogP contribution in [0.4, 0.5) is 4.39 Å². The molecule has 0 saturated carbocycles. The van der Waals surface area contributed by atoms with Crippen LogP contribution in [0.15, 0.2) is 71.9 Å². The number of rotatable bonds is 4. The smallest absolute Gasteiger partial charge is 0.257 e. The lowest BCUT2D eigenvalue weighted by Gasteiger charge is -2.33. The average molecular weight is 414 g/mol. The lowest BCUT2D eigenvalue weighted by molar-refractivity contribution is 0.0697. The molecule has 0 unspecified atom stereocenters. The number of benzene rings is 2. The van der Waals surface area contributed by atoms with Crippen LogP contribution >= 0.6 is 0 Å². The number of sulfonamides is 1. The molecule has 0 radical (unpaired) electrons. The number of carbonyl (C=O) groups excluding carboxylic acids is 1. The predicted octanol–water partition coefficient (Wildman–Crippen LogP) is 2.16. The zero-order valence-corrected chi connectivity index (χ0v) is 16.3. The Kier molecular flexibility index (Phi) is 5.16. The van der Waals surface area contributed by atoms with Gasteiger partial charge < -0.3 is 4.90 Å². The third-order valence-electron chi connectivity index (χ3n) is 4.83. The summed E-state index contributed by atoms with van der Waals surface area (Å²) >= 11 is 0. The second kappa shape index (κ2) is 7.76. The van der Waals surface area contributed by atoms with Crippen molar-refractivity contribution in [1.29, 1.82) is 0 Å². The summed E-state index contributed by atoms with van der Waals surface area (Å²) in [6.45, 7) is 0.663. The van der Waals surface area contributed by atoms with Crippen molar-refractivity contribution in [2.24, 2.45) is 0 Å². The monoisotopic (exact) mass is 414 g/mol. The van der Waals surface area contributed by atoms with Gasteiger partial charge in [0, 0.05) is 32.4 Å². The van der Waals surface area contributed by atoms with Crippen molar-refractivity contribution in [3.63, 3.8) is 0 Å². The van der Waals surface area contributed by atoms with Gasteiger partial charge in [-0.1, -0.05) is 30.3 Å². The lowest BCUT2D eigenvalue weighted by atomic mass is 10.2. The summed E-state index contributed by atoms with van der Waals surface area (Å²) in [5.41, 5.74) is 1.27. The van der Waals surface area contributed by atoms with Crippen LogP contribution in [0.1, 0.15) is 10.4 Å². The molecule has 3 aromatic rings. The van der Waals surface area contributed by atoms with Gasteiger partial charge in [-0.2, -0.15) is 9.40 Å². The highest BCUT2D eigenvalue weighted by atomic mass is 32.2. The number of nitrogens with zero attached hydrogens (tertiary/aromatic N) is 4. The van der Waals surface area contributed by atoms with E-state index in [2.05, 4.69) is 5.10 Å². The highest BCUT2D eigenvalue weighted by Gasteiger charge is 2.32. The van der Waals surface area contributed by atoms with Gasteiger partial charge in [0.25, 0.3) is 5.91 Å². The molecule has 1 fully saturated rings. The first-order chi connectivity index (χ1) is 14.0. The largest absolute Gasteiger partial charge is 0.336 e. The second-order valence-electron chi connectivity index (χ2n) is 6.64. The Labute approximate surface area is 168 Å². The fraction of sp³-hybridized carbons (Fsp3) is 0.200. The minimum absolute atomic E-state index is 0.106. The molecule has 0 atom stereocenters. The number of hydrogen-bond donors (Lipinski definition) is 0. The standard InChI is InChI=1S/C20H19FN4O3S/c21-18-8-4-5-9-19(18)29(27,28)24-12-10-23(11-13-24)20(26)16-14-22-25(15-16)17-6-2-1-3-7-17/h1-9,14-15H,10-13H2. The van der Waals surface area contributed by atoms with Crippen molar-refractivity contribution in [3.8, 4) is 5.69 Å².